The minimum Gasteiger partial charge on any atom is -0.327 e. The van der Waals surface area contributed by atoms with E-state index in [1.54, 1.807) is 0 Å². The van der Waals surface area contributed by atoms with Crippen LogP contribution in [0.3, 0.4) is 0 Å². The van der Waals surface area contributed by atoms with Crippen molar-refractivity contribution >= 4 is 33.5 Å². The second-order valence-electron chi connectivity index (χ2n) is 14.4. The number of hydrogen-bond donors (Lipinski definition) is 0. The van der Waals surface area contributed by atoms with E-state index >= 15 is 0 Å². The normalized spacial score (nSPS) is 11.7. The number of aromatic nitrogens is 2. The lowest BCUT2D eigenvalue weighted by molar-refractivity contribution is 0.959. The van der Waals surface area contributed by atoms with Crippen LogP contribution in [0.1, 0.15) is 16.7 Å². The van der Waals surface area contributed by atoms with Gasteiger partial charge in [0.25, 0.3) is 0 Å². The summed E-state index contributed by atoms with van der Waals surface area (Å²) in [4.78, 5) is 5.56. The van der Waals surface area contributed by atoms with Crippen molar-refractivity contribution in [2.45, 2.75) is 0 Å². The highest BCUT2D eigenvalue weighted by Gasteiger charge is 2.22. The minimum atomic E-state index is 0.890. The predicted molar refractivity (Wildman–Crippen MR) is 248 cm³/mol. The zero-order chi connectivity index (χ0) is 39.4. The monoisotopic (exact) mass is 742 g/mol. The predicted octanol–water partition coefficient (Wildman–Crippen LogP) is 14.9. The van der Waals surface area contributed by atoms with E-state index in [0.29, 0.717) is 0 Å². The molecular weight excluding hydrogens is 701 g/mol. The van der Waals surface area contributed by atoms with Crippen LogP contribution in [0.5, 0.6) is 0 Å². The Hall–Kier alpha value is -7.55. The van der Waals surface area contributed by atoms with Gasteiger partial charge in [-0.25, -0.2) is 4.98 Å². The average molecular weight is 743 g/mol. The van der Waals surface area contributed by atoms with Crippen LogP contribution in [-0.4, -0.2) is 9.55 Å². The fourth-order valence-corrected chi connectivity index (χ4v) is 8.36. The fraction of sp³-hybridized carbons (Fsp3) is 0.0179. The molecule has 0 unspecified atom stereocenters. The number of benzene rings is 8. The highest BCUT2D eigenvalue weighted by atomic mass is 15.1. The first-order chi connectivity index (χ1) is 28.6. The number of rotatable bonds is 10. The van der Waals surface area contributed by atoms with Crippen LogP contribution in [0, 0.1) is 0 Å². The summed E-state index contributed by atoms with van der Waals surface area (Å²) >= 11 is 0. The summed E-state index contributed by atoms with van der Waals surface area (Å²) in [5, 5.41) is 2.28. The van der Waals surface area contributed by atoms with E-state index in [9.17, 15) is 0 Å². The molecule has 2 nitrogen and oxygen atoms in total. The third-order valence-corrected chi connectivity index (χ3v) is 11.0. The smallest absolute Gasteiger partial charge is 0.141 e. The van der Waals surface area contributed by atoms with Gasteiger partial charge in [-0.3, -0.25) is 0 Å². The second-order valence-corrected chi connectivity index (χ2v) is 14.4. The molecular formula is C56H42N2. The van der Waals surface area contributed by atoms with E-state index in [-0.39, 0.29) is 0 Å². The van der Waals surface area contributed by atoms with Gasteiger partial charge in [-0.15, -0.1) is 0 Å². The topological polar surface area (TPSA) is 17.8 Å². The van der Waals surface area contributed by atoms with Gasteiger partial charge in [0, 0.05) is 23.6 Å². The molecule has 0 spiro atoms. The highest BCUT2D eigenvalue weighted by Crippen LogP contribution is 2.43. The van der Waals surface area contributed by atoms with Crippen molar-refractivity contribution in [2.24, 2.45) is 7.05 Å². The maximum Gasteiger partial charge on any atom is 0.141 e. The molecule has 0 radical (unpaired) electrons. The van der Waals surface area contributed by atoms with E-state index in [0.717, 1.165) is 66.6 Å². The lowest BCUT2D eigenvalue weighted by Gasteiger charge is -2.17. The summed E-state index contributed by atoms with van der Waals surface area (Å²) in [6, 6.07) is 64.8. The van der Waals surface area contributed by atoms with E-state index in [1.165, 1.54) is 33.4 Å². The molecule has 58 heavy (non-hydrogen) atoms. The van der Waals surface area contributed by atoms with Crippen molar-refractivity contribution in [3.8, 4) is 55.9 Å². The van der Waals surface area contributed by atoms with Crippen molar-refractivity contribution in [1.82, 2.24) is 9.55 Å². The Kier molecular flexibility index (Phi) is 9.90. The third kappa shape index (κ3) is 6.61. The van der Waals surface area contributed by atoms with Crippen LogP contribution < -0.4 is 0 Å². The Bertz CT molecular complexity index is 3020. The molecule has 1 aromatic heterocycles. The minimum absolute atomic E-state index is 0.890. The standard InChI is InChI=1S/C56H42N2/c1-4-6-10-28-46(42-26-15-9-16-27-42)52-37-43(47-31-18-17-29-44(47)40-22-11-7-12-23-40)38-53-55(52)58(3)56(57-53)51-34-21-33-50-49(36-35-39(5-2)54(50)51)48-32-20-19-30-45(48)41-24-13-8-14-25-41/h4-38H,1-2H2,3H3/b10-6-,46-28+. The quantitative estimate of drug-likeness (QED) is 0.128. The lowest BCUT2D eigenvalue weighted by Crippen LogP contribution is -1.99. The number of allylic oxidation sites excluding steroid dienone is 4. The average Bonchev–Trinajstić information content (AvgIpc) is 3.63. The van der Waals surface area contributed by atoms with E-state index in [2.05, 4.69) is 219 Å². The first kappa shape index (κ1) is 36.1. The van der Waals surface area contributed by atoms with Crippen molar-refractivity contribution in [1.29, 1.82) is 0 Å². The number of aryl methyl sites for hydroxylation is 1. The first-order valence-corrected chi connectivity index (χ1v) is 19.7. The van der Waals surface area contributed by atoms with Gasteiger partial charge in [0.2, 0.25) is 0 Å². The Balaban J connectivity index is 1.33. The van der Waals surface area contributed by atoms with Crippen LogP contribution in [0.4, 0.5) is 0 Å². The molecule has 276 valence electrons. The number of imidazole rings is 1. The zero-order valence-electron chi connectivity index (χ0n) is 32.5. The van der Waals surface area contributed by atoms with Gasteiger partial charge < -0.3 is 4.57 Å². The molecule has 1 heterocycles. The molecule has 0 bridgehead atoms. The SMILES string of the molecule is C=C/C=C\C=C(/c1ccccc1)c1cc(-c2ccccc2-c2ccccc2)cc2nc(-c3cccc4c(-c5ccccc5-c5ccccc5)ccc(C=C)c34)n(C)c12. The molecule has 9 aromatic rings. The van der Waals surface area contributed by atoms with Crippen LogP contribution in [0.15, 0.2) is 219 Å². The number of fused-ring (bicyclic) bond motifs is 2. The molecule has 0 saturated heterocycles. The maximum absolute atomic E-state index is 5.56. The molecule has 0 aliphatic rings. The molecule has 0 amide bonds. The van der Waals surface area contributed by atoms with E-state index in [1.807, 2.05) is 18.2 Å². The molecule has 0 fully saturated rings. The van der Waals surface area contributed by atoms with Crippen molar-refractivity contribution < 1.29 is 0 Å². The first-order valence-electron chi connectivity index (χ1n) is 19.7. The van der Waals surface area contributed by atoms with Crippen molar-refractivity contribution in [2.75, 3.05) is 0 Å². The summed E-state index contributed by atoms with van der Waals surface area (Å²) < 4.78 is 2.28. The highest BCUT2D eigenvalue weighted by molar-refractivity contribution is 6.10. The third-order valence-electron chi connectivity index (χ3n) is 11.0. The summed E-state index contributed by atoms with van der Waals surface area (Å²) in [5.74, 6) is 0.890. The second kappa shape index (κ2) is 15.9. The molecule has 0 aliphatic heterocycles. The van der Waals surface area contributed by atoms with E-state index < -0.39 is 0 Å². The molecule has 0 atom stereocenters. The Morgan fingerprint density at radius 2 is 1.09 bits per heavy atom. The van der Waals surface area contributed by atoms with Gasteiger partial charge in [0.15, 0.2) is 0 Å². The van der Waals surface area contributed by atoms with Crippen LogP contribution >= 0.6 is 0 Å². The fourth-order valence-electron chi connectivity index (χ4n) is 8.36. The molecule has 0 aliphatic carbocycles. The van der Waals surface area contributed by atoms with Gasteiger partial charge in [-0.1, -0.05) is 213 Å². The summed E-state index contributed by atoms with van der Waals surface area (Å²) in [5.41, 5.74) is 16.8. The zero-order valence-corrected chi connectivity index (χ0v) is 32.5. The van der Waals surface area contributed by atoms with Crippen molar-refractivity contribution in [3.05, 3.63) is 236 Å². The van der Waals surface area contributed by atoms with Gasteiger partial charge >= 0.3 is 0 Å². The maximum atomic E-state index is 5.56. The molecule has 2 heteroatoms. The Morgan fingerprint density at radius 1 is 0.517 bits per heavy atom. The van der Waals surface area contributed by atoms with Gasteiger partial charge in [0.1, 0.15) is 5.82 Å². The summed E-state index contributed by atoms with van der Waals surface area (Å²) in [7, 11) is 2.15. The van der Waals surface area contributed by atoms with Crippen LogP contribution in [-0.2, 0) is 7.05 Å². The summed E-state index contributed by atoms with van der Waals surface area (Å²) in [6.45, 7) is 8.23. The molecule has 0 N–H and O–H groups in total. The molecule has 9 rings (SSSR count). The lowest BCUT2D eigenvalue weighted by atomic mass is 9.88. The number of nitrogens with zero attached hydrogens (tertiary/aromatic N) is 2. The largest absolute Gasteiger partial charge is 0.327 e. The van der Waals surface area contributed by atoms with Crippen LogP contribution in [0.2, 0.25) is 0 Å². The van der Waals surface area contributed by atoms with Crippen LogP contribution in [0.25, 0.3) is 89.4 Å². The van der Waals surface area contributed by atoms with Crippen molar-refractivity contribution in [3.63, 3.8) is 0 Å². The Labute approximate surface area is 340 Å². The van der Waals surface area contributed by atoms with Gasteiger partial charge in [-0.05, 0) is 78.7 Å². The Morgan fingerprint density at radius 3 is 1.72 bits per heavy atom. The molecule has 8 aromatic carbocycles. The van der Waals surface area contributed by atoms with E-state index in [4.69, 9.17) is 4.98 Å². The van der Waals surface area contributed by atoms with Gasteiger partial charge in [0.05, 0.1) is 11.0 Å². The molecule has 0 saturated carbocycles. The van der Waals surface area contributed by atoms with Gasteiger partial charge in [-0.2, -0.15) is 0 Å². The number of hydrogen-bond acceptors (Lipinski definition) is 1. The summed E-state index contributed by atoms with van der Waals surface area (Å²) in [6.07, 6.45) is 10.0.